The minimum Gasteiger partial charge on any atom is -0.355 e. The number of H-pyrrole nitrogens is 2. The molecule has 2 heterocycles. The average Bonchev–Trinajstić information content (AvgIpc) is 2.64. The summed E-state index contributed by atoms with van der Waals surface area (Å²) < 4.78 is 0. The fraction of sp³-hybridized carbons (Fsp3) is 0.100. The lowest BCUT2D eigenvalue weighted by Gasteiger charge is -2.20. The molecule has 2 N–H and O–H groups in total. The summed E-state index contributed by atoms with van der Waals surface area (Å²) in [6, 6.07) is 10.8. The smallest absolute Gasteiger partial charge is 0.197 e. The zero-order valence-electron chi connectivity index (χ0n) is 13.3. The van der Waals surface area contributed by atoms with E-state index in [4.69, 9.17) is 23.2 Å². The summed E-state index contributed by atoms with van der Waals surface area (Å²) in [5.74, 6) is 0. The molecule has 0 radical (unpaired) electrons. The molecule has 2 unspecified atom stereocenters. The van der Waals surface area contributed by atoms with Gasteiger partial charge in [-0.25, -0.2) is 0 Å². The van der Waals surface area contributed by atoms with Gasteiger partial charge in [0, 0.05) is 32.9 Å². The molecule has 1 aliphatic carbocycles. The van der Waals surface area contributed by atoms with Crippen LogP contribution >= 0.6 is 23.2 Å². The molecule has 4 aromatic rings. The molecule has 2 aromatic heterocycles. The van der Waals surface area contributed by atoms with Crippen LogP contribution in [0.15, 0.2) is 52.1 Å². The molecule has 26 heavy (non-hydrogen) atoms. The van der Waals surface area contributed by atoms with E-state index < -0.39 is 10.8 Å². The number of rotatable bonds is 0. The van der Waals surface area contributed by atoms with Crippen LogP contribution in [-0.4, -0.2) is 15.3 Å². The van der Waals surface area contributed by atoms with Gasteiger partial charge in [0.2, 0.25) is 0 Å². The van der Waals surface area contributed by atoms with Gasteiger partial charge in [0.1, 0.15) is 0 Å². The number of aromatic amines is 2. The van der Waals surface area contributed by atoms with E-state index in [1.54, 1.807) is 30.4 Å². The van der Waals surface area contributed by atoms with Gasteiger partial charge < -0.3 is 9.97 Å². The van der Waals surface area contributed by atoms with Gasteiger partial charge in [0.05, 0.1) is 21.8 Å². The lowest BCUT2D eigenvalue weighted by atomic mass is 9.97. The highest BCUT2D eigenvalue weighted by Gasteiger charge is 2.27. The summed E-state index contributed by atoms with van der Waals surface area (Å²) in [6.07, 6.45) is 3.52. The summed E-state index contributed by atoms with van der Waals surface area (Å²) >= 11 is 12.5. The molecule has 0 saturated carbocycles. The van der Waals surface area contributed by atoms with Gasteiger partial charge in [-0.3, -0.25) is 9.59 Å². The fourth-order valence-corrected chi connectivity index (χ4v) is 4.09. The third-order valence-electron chi connectivity index (χ3n) is 4.89. The molecule has 0 amide bonds. The summed E-state index contributed by atoms with van der Waals surface area (Å²) in [6.45, 7) is 0. The van der Waals surface area contributed by atoms with Crippen molar-refractivity contribution in [1.29, 1.82) is 0 Å². The van der Waals surface area contributed by atoms with Crippen molar-refractivity contribution >= 4 is 62.0 Å². The number of hydrogen-bond acceptors (Lipinski definition) is 2. The van der Waals surface area contributed by atoms with E-state index in [0.717, 1.165) is 5.52 Å². The number of alkyl halides is 2. The summed E-state index contributed by atoms with van der Waals surface area (Å²) in [5, 5.41) is 0.588. The highest BCUT2D eigenvalue weighted by Crippen LogP contribution is 2.34. The quantitative estimate of drug-likeness (QED) is 0.348. The lowest BCUT2D eigenvalue weighted by Crippen LogP contribution is -2.22. The van der Waals surface area contributed by atoms with Crippen molar-refractivity contribution < 1.29 is 0 Å². The number of pyridine rings is 2. The number of halogens is 2. The second-order valence-electron chi connectivity index (χ2n) is 6.43. The van der Waals surface area contributed by atoms with E-state index in [9.17, 15) is 9.59 Å². The SMILES string of the molecule is O=c1c2c([nH]c3cc4c(=O)c5ccccc5[nH]c4cc13)C=CC(Cl)C2Cl. The van der Waals surface area contributed by atoms with E-state index in [-0.39, 0.29) is 10.9 Å². The maximum absolute atomic E-state index is 13.0. The van der Waals surface area contributed by atoms with Gasteiger partial charge in [0.25, 0.3) is 0 Å². The molecule has 1 aliphatic rings. The largest absolute Gasteiger partial charge is 0.355 e. The van der Waals surface area contributed by atoms with Crippen molar-refractivity contribution in [2.45, 2.75) is 10.8 Å². The second-order valence-corrected chi connectivity index (χ2v) is 7.40. The highest BCUT2D eigenvalue weighted by molar-refractivity contribution is 6.31. The molecule has 2 aromatic carbocycles. The Morgan fingerprint density at radius 1 is 0.808 bits per heavy atom. The zero-order chi connectivity index (χ0) is 18.0. The van der Waals surface area contributed by atoms with Crippen molar-refractivity contribution in [3.8, 4) is 0 Å². The number of hydrogen-bond donors (Lipinski definition) is 2. The number of fused-ring (bicyclic) bond motifs is 4. The second kappa shape index (κ2) is 5.47. The van der Waals surface area contributed by atoms with Gasteiger partial charge >= 0.3 is 0 Å². The normalized spacial score (nSPS) is 19.3. The molecule has 2 atom stereocenters. The number of benzene rings is 2. The van der Waals surface area contributed by atoms with Gasteiger partial charge in [-0.15, -0.1) is 23.2 Å². The maximum atomic E-state index is 13.0. The Kier molecular flexibility index (Phi) is 3.30. The number of nitrogens with one attached hydrogen (secondary N) is 2. The van der Waals surface area contributed by atoms with E-state index in [1.165, 1.54) is 0 Å². The van der Waals surface area contributed by atoms with Crippen LogP contribution in [0.25, 0.3) is 38.8 Å². The molecule has 0 spiro atoms. The van der Waals surface area contributed by atoms with Gasteiger partial charge in [-0.2, -0.15) is 0 Å². The predicted molar refractivity (Wildman–Crippen MR) is 107 cm³/mol. The van der Waals surface area contributed by atoms with Crippen molar-refractivity contribution in [2.75, 3.05) is 0 Å². The Balaban J connectivity index is 1.94. The first-order valence-corrected chi connectivity index (χ1v) is 9.03. The van der Waals surface area contributed by atoms with Crippen molar-refractivity contribution in [3.63, 3.8) is 0 Å². The van der Waals surface area contributed by atoms with Crippen LogP contribution in [0.3, 0.4) is 0 Å². The molecule has 4 nitrogen and oxygen atoms in total. The Morgan fingerprint density at radius 2 is 1.50 bits per heavy atom. The standard InChI is InChI=1S/C20H12Cl2N2O2/c21-12-5-6-14-17(18(12)22)20(26)11-8-15-10(7-16(11)24-14)19(25)9-3-1-2-4-13(9)23-15/h1-8,12,18H,(H,23,25)(H,24,26). The van der Waals surface area contributed by atoms with Gasteiger partial charge in [-0.1, -0.05) is 18.2 Å². The topological polar surface area (TPSA) is 65.7 Å². The minimum absolute atomic E-state index is 0.0681. The van der Waals surface area contributed by atoms with E-state index >= 15 is 0 Å². The van der Waals surface area contributed by atoms with Crippen LogP contribution < -0.4 is 10.9 Å². The summed E-state index contributed by atoms with van der Waals surface area (Å²) in [7, 11) is 0. The number of allylic oxidation sites excluding steroid dienone is 1. The first-order chi connectivity index (χ1) is 12.5. The van der Waals surface area contributed by atoms with E-state index in [1.807, 2.05) is 18.2 Å². The van der Waals surface area contributed by atoms with Crippen LogP contribution in [0.5, 0.6) is 0 Å². The van der Waals surface area contributed by atoms with Crippen LogP contribution in [0, 0.1) is 0 Å². The monoisotopic (exact) mass is 382 g/mol. The van der Waals surface area contributed by atoms with E-state index in [0.29, 0.717) is 38.4 Å². The molecule has 5 rings (SSSR count). The first-order valence-electron chi connectivity index (χ1n) is 8.15. The van der Waals surface area contributed by atoms with Crippen molar-refractivity contribution in [2.24, 2.45) is 0 Å². The number of para-hydroxylation sites is 1. The Bertz CT molecular complexity index is 1370. The Labute approximate surface area is 157 Å². The third kappa shape index (κ3) is 2.09. The molecule has 6 heteroatoms. The van der Waals surface area contributed by atoms with Crippen molar-refractivity contribution in [1.82, 2.24) is 9.97 Å². The highest BCUT2D eigenvalue weighted by atomic mass is 35.5. The van der Waals surface area contributed by atoms with E-state index in [2.05, 4.69) is 9.97 Å². The Morgan fingerprint density at radius 3 is 2.31 bits per heavy atom. The molecule has 0 saturated heterocycles. The average molecular weight is 383 g/mol. The van der Waals surface area contributed by atoms with Gasteiger partial charge in [0.15, 0.2) is 10.9 Å². The molecule has 0 aliphatic heterocycles. The lowest BCUT2D eigenvalue weighted by molar-refractivity contribution is 0.928. The van der Waals surface area contributed by atoms with Gasteiger partial charge in [-0.05, 0) is 30.3 Å². The van der Waals surface area contributed by atoms with Crippen LogP contribution in [-0.2, 0) is 0 Å². The molecular weight excluding hydrogens is 371 g/mol. The summed E-state index contributed by atoms with van der Waals surface area (Å²) in [4.78, 5) is 32.3. The maximum Gasteiger partial charge on any atom is 0.197 e. The van der Waals surface area contributed by atoms with Crippen LogP contribution in [0.2, 0.25) is 0 Å². The molecule has 128 valence electrons. The zero-order valence-corrected chi connectivity index (χ0v) is 14.9. The Hall–Kier alpha value is -2.56. The number of aromatic nitrogens is 2. The van der Waals surface area contributed by atoms with Crippen molar-refractivity contribution in [3.05, 3.63) is 74.2 Å². The van der Waals surface area contributed by atoms with Crippen LogP contribution in [0.1, 0.15) is 16.6 Å². The summed E-state index contributed by atoms with van der Waals surface area (Å²) in [5.41, 5.74) is 2.81. The molecular formula is C20H12Cl2N2O2. The van der Waals surface area contributed by atoms with Crippen LogP contribution in [0.4, 0.5) is 0 Å². The third-order valence-corrected chi connectivity index (χ3v) is 5.91. The minimum atomic E-state index is -0.601. The fourth-order valence-electron chi connectivity index (χ4n) is 3.59. The predicted octanol–water partition coefficient (Wildman–Crippen LogP) is 4.44. The molecule has 0 fully saturated rings. The first kappa shape index (κ1) is 15.7. The molecule has 0 bridgehead atoms.